The summed E-state index contributed by atoms with van der Waals surface area (Å²) >= 11 is 7.53. The van der Waals surface area contributed by atoms with E-state index in [-0.39, 0.29) is 10.7 Å². The minimum atomic E-state index is -0.362. The van der Waals surface area contributed by atoms with Crippen molar-refractivity contribution in [2.45, 2.75) is 19.4 Å². The highest BCUT2D eigenvalue weighted by molar-refractivity contribution is 7.09. The van der Waals surface area contributed by atoms with E-state index in [1.54, 1.807) is 17.5 Å². The number of aromatic nitrogens is 3. The Morgan fingerprint density at radius 3 is 2.72 bits per heavy atom. The first-order valence-corrected chi connectivity index (χ1v) is 6.53. The van der Waals surface area contributed by atoms with E-state index in [1.807, 2.05) is 19.2 Å². The number of thiazole rings is 1. The van der Waals surface area contributed by atoms with Gasteiger partial charge in [-0.15, -0.1) is 11.3 Å². The van der Waals surface area contributed by atoms with Crippen LogP contribution < -0.4 is 10.1 Å². The average molecular weight is 285 g/mol. The third-order valence-electron chi connectivity index (χ3n) is 2.36. The fourth-order valence-corrected chi connectivity index (χ4v) is 2.43. The van der Waals surface area contributed by atoms with Gasteiger partial charge in [0.25, 0.3) is 0 Å². The minimum Gasteiger partial charge on any atom is -0.490 e. The highest BCUT2D eigenvalue weighted by Gasteiger charge is 2.25. The van der Waals surface area contributed by atoms with Crippen LogP contribution in [0.15, 0.2) is 17.9 Å². The highest BCUT2D eigenvalue weighted by atomic mass is 35.5. The molecule has 0 unspecified atom stereocenters. The van der Waals surface area contributed by atoms with Gasteiger partial charge in [0.2, 0.25) is 0 Å². The molecule has 0 fully saturated rings. The van der Waals surface area contributed by atoms with E-state index in [0.29, 0.717) is 11.6 Å². The second kappa shape index (κ2) is 5.07. The molecule has 0 saturated carbocycles. The van der Waals surface area contributed by atoms with Gasteiger partial charge in [0.15, 0.2) is 16.7 Å². The Labute approximate surface area is 114 Å². The Morgan fingerprint density at radius 1 is 1.33 bits per heavy atom. The molecule has 0 spiro atoms. The molecule has 0 atom stereocenters. The molecule has 0 aliphatic heterocycles. The number of nitrogens with zero attached hydrogens (tertiary/aromatic N) is 3. The van der Waals surface area contributed by atoms with Crippen molar-refractivity contribution < 1.29 is 4.74 Å². The standard InChI is InChI=1S/C11H13ClN4OS/c1-11(2,10-13-4-5-18-10)16-9-7(17-3)8(12)14-6-15-9/h4-6H,1-3H3,(H,14,15,16). The second-order valence-corrected chi connectivity index (χ2v) is 5.39. The van der Waals surface area contributed by atoms with E-state index in [2.05, 4.69) is 20.3 Å². The zero-order valence-electron chi connectivity index (χ0n) is 10.3. The van der Waals surface area contributed by atoms with E-state index >= 15 is 0 Å². The van der Waals surface area contributed by atoms with E-state index in [4.69, 9.17) is 16.3 Å². The van der Waals surface area contributed by atoms with Crippen molar-refractivity contribution in [3.8, 4) is 5.75 Å². The number of halogens is 1. The van der Waals surface area contributed by atoms with Gasteiger partial charge in [0, 0.05) is 11.6 Å². The fourth-order valence-electron chi connectivity index (χ4n) is 1.50. The number of ether oxygens (including phenoxy) is 1. The normalized spacial score (nSPS) is 11.3. The summed E-state index contributed by atoms with van der Waals surface area (Å²) in [6.07, 6.45) is 3.17. The predicted octanol–water partition coefficient (Wildman–Crippen LogP) is 2.94. The molecule has 5 nitrogen and oxygen atoms in total. The van der Waals surface area contributed by atoms with Gasteiger partial charge in [-0.25, -0.2) is 15.0 Å². The lowest BCUT2D eigenvalue weighted by Gasteiger charge is -2.25. The Morgan fingerprint density at radius 2 is 2.11 bits per heavy atom. The summed E-state index contributed by atoms with van der Waals surface area (Å²) in [4.78, 5) is 12.3. The fraction of sp³-hybridized carbons (Fsp3) is 0.364. The number of anilines is 1. The van der Waals surface area contributed by atoms with E-state index in [9.17, 15) is 0 Å². The van der Waals surface area contributed by atoms with E-state index < -0.39 is 0 Å². The zero-order valence-corrected chi connectivity index (χ0v) is 11.8. The lowest BCUT2D eigenvalue weighted by Crippen LogP contribution is -2.28. The lowest BCUT2D eigenvalue weighted by atomic mass is 10.1. The van der Waals surface area contributed by atoms with Gasteiger partial charge < -0.3 is 10.1 Å². The minimum absolute atomic E-state index is 0.282. The molecule has 1 N–H and O–H groups in total. The molecular formula is C11H13ClN4OS. The van der Waals surface area contributed by atoms with Gasteiger partial charge in [-0.2, -0.15) is 0 Å². The molecule has 0 aliphatic carbocycles. The molecule has 0 aromatic carbocycles. The van der Waals surface area contributed by atoms with Crippen molar-refractivity contribution in [2.24, 2.45) is 0 Å². The first kappa shape index (κ1) is 13.0. The van der Waals surface area contributed by atoms with Crippen molar-refractivity contribution in [2.75, 3.05) is 12.4 Å². The molecule has 2 heterocycles. The summed E-state index contributed by atoms with van der Waals surface area (Å²) in [7, 11) is 1.53. The van der Waals surface area contributed by atoms with E-state index in [1.165, 1.54) is 13.4 Å². The molecule has 2 aromatic rings. The third-order valence-corrected chi connectivity index (χ3v) is 3.73. The van der Waals surface area contributed by atoms with Crippen LogP contribution in [0.4, 0.5) is 5.82 Å². The topological polar surface area (TPSA) is 59.9 Å². The highest BCUT2D eigenvalue weighted by Crippen LogP contribution is 2.33. The van der Waals surface area contributed by atoms with Crippen LogP contribution in [-0.4, -0.2) is 22.1 Å². The molecule has 0 bridgehead atoms. The van der Waals surface area contributed by atoms with Gasteiger partial charge in [-0.05, 0) is 13.8 Å². The van der Waals surface area contributed by atoms with Crippen LogP contribution in [-0.2, 0) is 5.54 Å². The van der Waals surface area contributed by atoms with Crippen LogP contribution in [0.25, 0.3) is 0 Å². The maximum atomic E-state index is 5.95. The maximum absolute atomic E-state index is 5.95. The molecular weight excluding hydrogens is 272 g/mol. The molecule has 2 rings (SSSR count). The van der Waals surface area contributed by atoms with Gasteiger partial charge >= 0.3 is 0 Å². The van der Waals surface area contributed by atoms with Crippen LogP contribution in [0.2, 0.25) is 5.15 Å². The number of rotatable bonds is 4. The Hall–Kier alpha value is -1.40. The quantitative estimate of drug-likeness (QED) is 0.875. The molecule has 0 amide bonds. The Kier molecular flexibility index (Phi) is 3.68. The first-order valence-electron chi connectivity index (χ1n) is 5.27. The van der Waals surface area contributed by atoms with Gasteiger partial charge in [0.05, 0.1) is 12.6 Å². The number of hydrogen-bond donors (Lipinski definition) is 1. The smallest absolute Gasteiger partial charge is 0.198 e. The molecule has 0 saturated heterocycles. The molecule has 0 radical (unpaired) electrons. The zero-order chi connectivity index (χ0) is 13.2. The summed E-state index contributed by atoms with van der Waals surface area (Å²) in [5.74, 6) is 0.987. The number of nitrogens with one attached hydrogen (secondary N) is 1. The maximum Gasteiger partial charge on any atom is 0.198 e. The van der Waals surface area contributed by atoms with Crippen molar-refractivity contribution in [3.63, 3.8) is 0 Å². The van der Waals surface area contributed by atoms with E-state index in [0.717, 1.165) is 5.01 Å². The Balaban J connectivity index is 2.32. The van der Waals surface area contributed by atoms with Crippen LogP contribution in [0, 0.1) is 0 Å². The molecule has 0 aliphatic rings. The molecule has 18 heavy (non-hydrogen) atoms. The third kappa shape index (κ3) is 2.54. The SMILES string of the molecule is COc1c(Cl)ncnc1NC(C)(C)c1nccs1. The van der Waals surface area contributed by atoms with Crippen LogP contribution in [0.1, 0.15) is 18.9 Å². The largest absolute Gasteiger partial charge is 0.490 e. The van der Waals surface area contributed by atoms with Crippen LogP contribution in [0.5, 0.6) is 5.75 Å². The summed E-state index contributed by atoms with van der Waals surface area (Å²) in [6, 6.07) is 0. The monoisotopic (exact) mass is 284 g/mol. The molecule has 2 aromatic heterocycles. The van der Waals surface area contributed by atoms with Crippen molar-refractivity contribution in [3.05, 3.63) is 28.1 Å². The predicted molar refractivity (Wildman–Crippen MR) is 72.4 cm³/mol. The van der Waals surface area contributed by atoms with Crippen LogP contribution in [0.3, 0.4) is 0 Å². The van der Waals surface area contributed by atoms with Crippen molar-refractivity contribution in [1.82, 2.24) is 15.0 Å². The summed E-state index contributed by atoms with van der Waals surface area (Å²) in [5, 5.41) is 6.44. The molecule has 96 valence electrons. The Bertz CT molecular complexity index is 530. The van der Waals surface area contributed by atoms with Crippen molar-refractivity contribution >= 4 is 28.8 Å². The average Bonchev–Trinajstić information content (AvgIpc) is 2.83. The van der Waals surface area contributed by atoms with Gasteiger partial charge in [-0.1, -0.05) is 11.6 Å². The van der Waals surface area contributed by atoms with Crippen molar-refractivity contribution in [1.29, 1.82) is 0 Å². The number of methoxy groups -OCH3 is 1. The molecule has 7 heteroatoms. The summed E-state index contributed by atoms with van der Waals surface area (Å²) < 4.78 is 5.20. The summed E-state index contributed by atoms with van der Waals surface area (Å²) in [5.41, 5.74) is -0.362. The summed E-state index contributed by atoms with van der Waals surface area (Å²) in [6.45, 7) is 4.03. The second-order valence-electron chi connectivity index (χ2n) is 4.13. The lowest BCUT2D eigenvalue weighted by molar-refractivity contribution is 0.411. The first-order chi connectivity index (χ1) is 8.54. The van der Waals surface area contributed by atoms with Gasteiger partial charge in [-0.3, -0.25) is 0 Å². The number of hydrogen-bond acceptors (Lipinski definition) is 6. The van der Waals surface area contributed by atoms with Crippen LogP contribution >= 0.6 is 22.9 Å². The van der Waals surface area contributed by atoms with Gasteiger partial charge in [0.1, 0.15) is 11.3 Å².